The molecule has 0 fully saturated rings. The number of hydrogen-bond donors (Lipinski definition) is 0. The maximum absolute atomic E-state index is 12.2. The van der Waals surface area contributed by atoms with Gasteiger partial charge in [-0.05, 0) is 61.4 Å². The van der Waals surface area contributed by atoms with Crippen molar-refractivity contribution in [2.75, 3.05) is 6.61 Å². The SMILES string of the molecule is CCCCCCCCCC(=O)Oc1ccc(N=Nc2ccc(OCCC)cc2)ccc1=O. The summed E-state index contributed by atoms with van der Waals surface area (Å²) in [6.07, 6.45) is 9.12. The molecule has 0 N–H and O–H groups in total. The van der Waals surface area contributed by atoms with E-state index in [1.54, 1.807) is 12.1 Å². The first-order valence-corrected chi connectivity index (χ1v) is 11.6. The number of rotatable bonds is 14. The van der Waals surface area contributed by atoms with E-state index in [9.17, 15) is 9.59 Å². The van der Waals surface area contributed by atoms with Crippen LogP contribution in [0.4, 0.5) is 11.4 Å². The Balaban J connectivity index is 1.86. The van der Waals surface area contributed by atoms with Crippen LogP contribution in [0.15, 0.2) is 63.6 Å². The number of carbonyl (C=O) groups excluding carboxylic acids is 1. The van der Waals surface area contributed by atoms with Crippen molar-refractivity contribution in [3.63, 3.8) is 0 Å². The van der Waals surface area contributed by atoms with Crippen molar-refractivity contribution in [3.8, 4) is 11.5 Å². The molecule has 0 amide bonds. The van der Waals surface area contributed by atoms with Gasteiger partial charge in [-0.2, -0.15) is 10.2 Å². The molecule has 0 aromatic heterocycles. The van der Waals surface area contributed by atoms with E-state index in [4.69, 9.17) is 9.47 Å². The minimum Gasteiger partial charge on any atom is -0.494 e. The highest BCUT2D eigenvalue weighted by molar-refractivity contribution is 5.72. The van der Waals surface area contributed by atoms with Crippen LogP contribution in [-0.4, -0.2) is 12.6 Å². The molecule has 32 heavy (non-hydrogen) atoms. The molecule has 0 saturated heterocycles. The average molecular weight is 439 g/mol. The molecule has 0 heterocycles. The molecule has 0 bridgehead atoms. The Morgan fingerprint density at radius 3 is 2.00 bits per heavy atom. The van der Waals surface area contributed by atoms with Crippen molar-refractivity contribution in [1.29, 1.82) is 0 Å². The molecule has 0 saturated carbocycles. The summed E-state index contributed by atoms with van der Waals surface area (Å²) >= 11 is 0. The van der Waals surface area contributed by atoms with Gasteiger partial charge in [0.2, 0.25) is 5.43 Å². The van der Waals surface area contributed by atoms with Gasteiger partial charge in [0, 0.05) is 6.42 Å². The molecular formula is C26H34N2O4. The van der Waals surface area contributed by atoms with Crippen molar-refractivity contribution in [2.45, 2.75) is 71.6 Å². The molecule has 2 aromatic rings. The number of carbonyl (C=O) groups is 1. The number of ether oxygens (including phenoxy) is 2. The molecule has 172 valence electrons. The van der Waals surface area contributed by atoms with E-state index in [0.29, 0.717) is 24.4 Å². The summed E-state index contributed by atoms with van der Waals surface area (Å²) in [4.78, 5) is 24.3. The van der Waals surface area contributed by atoms with Gasteiger partial charge in [-0.3, -0.25) is 9.59 Å². The summed E-state index contributed by atoms with van der Waals surface area (Å²) in [5.41, 5.74) is 0.795. The van der Waals surface area contributed by atoms with E-state index < -0.39 is 0 Å². The van der Waals surface area contributed by atoms with Gasteiger partial charge in [-0.1, -0.05) is 52.4 Å². The zero-order valence-electron chi connectivity index (χ0n) is 19.2. The second-order valence-electron chi connectivity index (χ2n) is 7.71. The van der Waals surface area contributed by atoms with Crippen LogP contribution >= 0.6 is 0 Å². The zero-order chi connectivity index (χ0) is 23.0. The smallest absolute Gasteiger partial charge is 0.311 e. The van der Waals surface area contributed by atoms with Crippen molar-refractivity contribution < 1.29 is 14.3 Å². The number of unbranched alkanes of at least 4 members (excludes halogenated alkanes) is 6. The maximum Gasteiger partial charge on any atom is 0.311 e. The molecule has 6 nitrogen and oxygen atoms in total. The van der Waals surface area contributed by atoms with Gasteiger partial charge >= 0.3 is 5.97 Å². The summed E-state index contributed by atoms with van der Waals surface area (Å²) in [5, 5.41) is 8.35. The minimum absolute atomic E-state index is 0.0109. The molecule has 0 aliphatic carbocycles. The van der Waals surface area contributed by atoms with Crippen LogP contribution in [-0.2, 0) is 4.79 Å². The highest BCUT2D eigenvalue weighted by Crippen LogP contribution is 2.21. The van der Waals surface area contributed by atoms with Crippen LogP contribution < -0.4 is 14.9 Å². The van der Waals surface area contributed by atoms with Crippen LogP contribution in [0.25, 0.3) is 0 Å². The van der Waals surface area contributed by atoms with E-state index in [-0.39, 0.29) is 17.1 Å². The third kappa shape index (κ3) is 9.86. The van der Waals surface area contributed by atoms with Crippen LogP contribution in [0, 0.1) is 0 Å². The molecular weight excluding hydrogens is 404 g/mol. The molecule has 0 unspecified atom stereocenters. The van der Waals surface area contributed by atoms with Crippen LogP contribution in [0.1, 0.15) is 71.6 Å². The van der Waals surface area contributed by atoms with E-state index in [1.165, 1.54) is 37.8 Å². The van der Waals surface area contributed by atoms with Crippen LogP contribution in [0.5, 0.6) is 11.5 Å². The van der Waals surface area contributed by atoms with Gasteiger partial charge in [-0.15, -0.1) is 0 Å². The van der Waals surface area contributed by atoms with E-state index in [2.05, 4.69) is 24.1 Å². The third-order valence-corrected chi connectivity index (χ3v) is 4.85. The van der Waals surface area contributed by atoms with Crippen molar-refractivity contribution in [3.05, 3.63) is 58.8 Å². The first-order valence-electron chi connectivity index (χ1n) is 11.6. The lowest BCUT2D eigenvalue weighted by Crippen LogP contribution is -2.12. The summed E-state index contributed by atoms with van der Waals surface area (Å²) < 4.78 is 10.8. The first kappa shape index (κ1) is 25.2. The normalized spacial score (nSPS) is 10.9. The third-order valence-electron chi connectivity index (χ3n) is 4.85. The molecule has 6 heteroatoms. The largest absolute Gasteiger partial charge is 0.494 e. The van der Waals surface area contributed by atoms with E-state index in [1.807, 2.05) is 24.3 Å². The quantitative estimate of drug-likeness (QED) is 0.176. The number of benzene rings is 1. The predicted molar refractivity (Wildman–Crippen MR) is 127 cm³/mol. The highest BCUT2D eigenvalue weighted by atomic mass is 16.5. The summed E-state index contributed by atoms with van der Waals surface area (Å²) in [6.45, 7) is 4.92. The van der Waals surface area contributed by atoms with Crippen LogP contribution in [0.2, 0.25) is 0 Å². The van der Waals surface area contributed by atoms with Gasteiger partial charge in [0.25, 0.3) is 0 Å². The van der Waals surface area contributed by atoms with Crippen molar-refractivity contribution in [1.82, 2.24) is 0 Å². The molecule has 0 spiro atoms. The van der Waals surface area contributed by atoms with Gasteiger partial charge < -0.3 is 9.47 Å². The molecule has 0 atom stereocenters. The van der Waals surface area contributed by atoms with Crippen molar-refractivity contribution >= 4 is 17.3 Å². The Bertz CT molecular complexity index is 910. The summed E-state index contributed by atoms with van der Waals surface area (Å²) in [6, 6.07) is 13.3. The molecule has 0 aliphatic rings. The van der Waals surface area contributed by atoms with Crippen LogP contribution in [0.3, 0.4) is 0 Å². The highest BCUT2D eigenvalue weighted by Gasteiger charge is 2.07. The van der Waals surface area contributed by atoms with E-state index in [0.717, 1.165) is 31.4 Å². The topological polar surface area (TPSA) is 77.3 Å². The maximum atomic E-state index is 12.2. The molecule has 2 rings (SSSR count). The standard InChI is InChI=1S/C26H34N2O4/c1-3-5-6-7-8-9-10-11-26(30)32-25-19-15-22(14-18-24(25)29)28-27-21-12-16-23(17-13-21)31-20-4-2/h12-19H,3-11,20H2,1-2H3. The average Bonchev–Trinajstić information content (AvgIpc) is 2.97. The second-order valence-corrected chi connectivity index (χ2v) is 7.71. The first-order chi connectivity index (χ1) is 15.6. The van der Waals surface area contributed by atoms with Gasteiger partial charge in [0.15, 0.2) is 5.75 Å². The number of azo groups is 1. The fourth-order valence-corrected chi connectivity index (χ4v) is 3.04. The molecule has 0 radical (unpaired) electrons. The fourth-order valence-electron chi connectivity index (χ4n) is 3.04. The monoisotopic (exact) mass is 438 g/mol. The lowest BCUT2D eigenvalue weighted by molar-refractivity contribution is -0.134. The Morgan fingerprint density at radius 1 is 0.750 bits per heavy atom. The molecule has 2 aromatic carbocycles. The van der Waals surface area contributed by atoms with Gasteiger partial charge in [0.05, 0.1) is 18.0 Å². The Kier molecular flexibility index (Phi) is 11.7. The second kappa shape index (κ2) is 14.9. The van der Waals surface area contributed by atoms with E-state index >= 15 is 0 Å². The number of esters is 1. The fraction of sp³-hybridized carbons (Fsp3) is 0.462. The Hall–Kier alpha value is -3.02. The lowest BCUT2D eigenvalue weighted by Gasteiger charge is -2.03. The Morgan fingerprint density at radius 2 is 1.34 bits per heavy atom. The number of hydrogen-bond acceptors (Lipinski definition) is 6. The number of nitrogens with zero attached hydrogens (tertiary/aromatic N) is 2. The zero-order valence-corrected chi connectivity index (χ0v) is 19.2. The Labute approximate surface area is 190 Å². The summed E-state index contributed by atoms with van der Waals surface area (Å²) in [5.74, 6) is 0.420. The summed E-state index contributed by atoms with van der Waals surface area (Å²) in [7, 11) is 0. The minimum atomic E-state index is -0.379. The van der Waals surface area contributed by atoms with Gasteiger partial charge in [-0.25, -0.2) is 0 Å². The molecule has 0 aliphatic heterocycles. The lowest BCUT2D eigenvalue weighted by atomic mass is 10.1. The predicted octanol–water partition coefficient (Wildman–Crippen LogP) is 7.30. The van der Waals surface area contributed by atoms with Gasteiger partial charge in [0.1, 0.15) is 5.75 Å². The van der Waals surface area contributed by atoms with Crippen molar-refractivity contribution in [2.24, 2.45) is 10.2 Å².